The Hall–Kier alpha value is -3.27. The zero-order chi connectivity index (χ0) is 19.3. The monoisotopic (exact) mass is 375 g/mol. The number of benzene rings is 3. The van der Waals surface area contributed by atoms with E-state index in [0.29, 0.717) is 17.5 Å². The predicted molar refractivity (Wildman–Crippen MR) is 106 cm³/mol. The summed E-state index contributed by atoms with van der Waals surface area (Å²) in [6.07, 6.45) is 1.53. The van der Waals surface area contributed by atoms with Crippen LogP contribution < -0.4 is 4.74 Å². The number of pyridine rings is 1. The first-order valence-electron chi connectivity index (χ1n) is 9.18. The first-order chi connectivity index (χ1) is 13.7. The molecule has 3 aromatic carbocycles. The summed E-state index contributed by atoms with van der Waals surface area (Å²) in [7, 11) is 0. The fraction of sp³-hybridized carbons (Fsp3) is 0.125. The van der Waals surface area contributed by atoms with Gasteiger partial charge in [0.25, 0.3) is 0 Å². The zero-order valence-electron chi connectivity index (χ0n) is 15.2. The van der Waals surface area contributed by atoms with E-state index in [4.69, 9.17) is 4.74 Å². The molecule has 1 heterocycles. The number of hydrogen-bond donors (Lipinski definition) is 0. The first-order valence-corrected chi connectivity index (χ1v) is 9.18. The summed E-state index contributed by atoms with van der Waals surface area (Å²) in [5, 5.41) is 0.600. The number of nitrogens with zero attached hydrogens (tertiary/aromatic N) is 1. The molecule has 28 heavy (non-hydrogen) atoms. The third-order valence-corrected chi connectivity index (χ3v) is 4.63. The molecule has 0 aliphatic heterocycles. The highest BCUT2D eigenvalue weighted by molar-refractivity contribution is 5.78. The minimum Gasteiger partial charge on any atom is -0.489 e. The lowest BCUT2D eigenvalue weighted by Gasteiger charge is -2.08. The molecular formula is C24H19F2NO. The highest BCUT2D eigenvalue weighted by Gasteiger charge is 2.06. The summed E-state index contributed by atoms with van der Waals surface area (Å²) in [6, 6.07) is 24.0. The van der Waals surface area contributed by atoms with E-state index in [-0.39, 0.29) is 0 Å². The number of aryl methyl sites for hydroxylation is 2. The second kappa shape index (κ2) is 8.17. The molecule has 1 aromatic heterocycles. The Morgan fingerprint density at radius 2 is 1.46 bits per heavy atom. The highest BCUT2D eigenvalue weighted by Crippen LogP contribution is 2.19. The van der Waals surface area contributed by atoms with Crippen LogP contribution in [0.25, 0.3) is 10.9 Å². The average Bonchev–Trinajstić information content (AvgIpc) is 2.73. The summed E-state index contributed by atoms with van der Waals surface area (Å²) in [6.45, 7) is 0.540. The van der Waals surface area contributed by atoms with Crippen LogP contribution in [0.4, 0.5) is 8.78 Å². The molecule has 0 bridgehead atoms. The Morgan fingerprint density at radius 1 is 0.714 bits per heavy atom. The smallest absolute Gasteiger partial charge is 0.161 e. The van der Waals surface area contributed by atoms with Gasteiger partial charge in [-0.1, -0.05) is 48.5 Å². The van der Waals surface area contributed by atoms with Crippen LogP contribution in [-0.2, 0) is 19.4 Å². The van der Waals surface area contributed by atoms with Crippen LogP contribution in [0.3, 0.4) is 0 Å². The van der Waals surface area contributed by atoms with Crippen molar-refractivity contribution in [3.05, 3.63) is 107 Å². The molecule has 0 amide bonds. The Balaban J connectivity index is 1.37. The van der Waals surface area contributed by atoms with Crippen LogP contribution in [0.5, 0.6) is 5.75 Å². The molecule has 4 heteroatoms. The molecule has 0 fully saturated rings. The van der Waals surface area contributed by atoms with Gasteiger partial charge in [0.1, 0.15) is 12.4 Å². The number of fused-ring (bicyclic) bond motifs is 1. The topological polar surface area (TPSA) is 22.1 Å². The molecule has 0 N–H and O–H groups in total. The van der Waals surface area contributed by atoms with Crippen molar-refractivity contribution in [2.24, 2.45) is 0 Å². The van der Waals surface area contributed by atoms with Gasteiger partial charge < -0.3 is 4.74 Å². The van der Waals surface area contributed by atoms with Gasteiger partial charge in [-0.3, -0.25) is 4.98 Å². The lowest BCUT2D eigenvalue weighted by Crippen LogP contribution is -1.97. The van der Waals surface area contributed by atoms with E-state index in [2.05, 4.69) is 4.98 Å². The van der Waals surface area contributed by atoms with E-state index < -0.39 is 11.6 Å². The number of halogens is 2. The fourth-order valence-corrected chi connectivity index (χ4v) is 3.06. The number of hydrogen-bond acceptors (Lipinski definition) is 2. The lowest BCUT2D eigenvalue weighted by atomic mass is 10.1. The van der Waals surface area contributed by atoms with Crippen LogP contribution in [0.1, 0.15) is 16.8 Å². The minimum absolute atomic E-state index is 0.473. The second-order valence-electron chi connectivity index (χ2n) is 6.68. The standard InChI is InChI=1S/C24H19F2NO/c25-22-14-19-9-11-20(27-24(19)15-23(22)26)10-6-17-7-12-21(13-8-17)28-16-18-4-2-1-3-5-18/h1-5,7-9,11-15H,6,10,16H2. The molecule has 2 nitrogen and oxygen atoms in total. The van der Waals surface area contributed by atoms with E-state index in [9.17, 15) is 8.78 Å². The molecule has 0 atom stereocenters. The third kappa shape index (κ3) is 4.34. The van der Waals surface area contributed by atoms with Crippen LogP contribution in [0, 0.1) is 11.6 Å². The summed E-state index contributed by atoms with van der Waals surface area (Å²) < 4.78 is 32.5. The van der Waals surface area contributed by atoms with Gasteiger partial charge in [-0.25, -0.2) is 8.78 Å². The molecule has 0 radical (unpaired) electrons. The molecule has 4 rings (SSSR count). The summed E-state index contributed by atoms with van der Waals surface area (Å²) in [4.78, 5) is 4.44. The van der Waals surface area contributed by atoms with Gasteiger partial charge in [-0.05, 0) is 48.2 Å². The molecule has 0 saturated carbocycles. The minimum atomic E-state index is -0.872. The van der Waals surface area contributed by atoms with Crippen LogP contribution in [-0.4, -0.2) is 4.98 Å². The van der Waals surface area contributed by atoms with Crippen molar-refractivity contribution in [2.75, 3.05) is 0 Å². The Labute approximate surface area is 162 Å². The third-order valence-electron chi connectivity index (χ3n) is 4.63. The fourth-order valence-electron chi connectivity index (χ4n) is 3.06. The Morgan fingerprint density at radius 3 is 2.25 bits per heavy atom. The lowest BCUT2D eigenvalue weighted by molar-refractivity contribution is 0.306. The molecule has 0 saturated heterocycles. The SMILES string of the molecule is Fc1cc2ccc(CCc3ccc(OCc4ccccc4)cc3)nc2cc1F. The second-order valence-corrected chi connectivity index (χ2v) is 6.68. The molecular weight excluding hydrogens is 356 g/mol. The largest absolute Gasteiger partial charge is 0.489 e. The Bertz CT molecular complexity index is 1080. The molecule has 0 spiro atoms. The predicted octanol–water partition coefficient (Wildman–Crippen LogP) is 5.88. The molecule has 0 unspecified atom stereocenters. The van der Waals surface area contributed by atoms with E-state index >= 15 is 0 Å². The number of rotatable bonds is 6. The van der Waals surface area contributed by atoms with E-state index in [1.54, 1.807) is 6.07 Å². The van der Waals surface area contributed by atoms with Crippen LogP contribution >= 0.6 is 0 Å². The first kappa shape index (κ1) is 18.1. The maximum absolute atomic E-state index is 13.4. The highest BCUT2D eigenvalue weighted by atomic mass is 19.2. The van der Waals surface area contributed by atoms with Crippen LogP contribution in [0.15, 0.2) is 78.9 Å². The van der Waals surface area contributed by atoms with Crippen LogP contribution in [0.2, 0.25) is 0 Å². The van der Waals surface area contributed by atoms with Gasteiger partial charge in [0, 0.05) is 17.1 Å². The van der Waals surface area contributed by atoms with Gasteiger partial charge in [0.15, 0.2) is 11.6 Å². The number of ether oxygens (including phenoxy) is 1. The zero-order valence-corrected chi connectivity index (χ0v) is 15.2. The van der Waals surface area contributed by atoms with E-state index in [1.165, 1.54) is 11.6 Å². The van der Waals surface area contributed by atoms with Crippen molar-refractivity contribution in [3.63, 3.8) is 0 Å². The molecule has 0 aliphatic rings. The van der Waals surface area contributed by atoms with Gasteiger partial charge in [-0.15, -0.1) is 0 Å². The quantitative estimate of drug-likeness (QED) is 0.420. The number of aromatic nitrogens is 1. The average molecular weight is 375 g/mol. The van der Waals surface area contributed by atoms with Gasteiger partial charge in [-0.2, -0.15) is 0 Å². The van der Waals surface area contributed by atoms with Crippen molar-refractivity contribution < 1.29 is 13.5 Å². The van der Waals surface area contributed by atoms with Gasteiger partial charge >= 0.3 is 0 Å². The molecule has 140 valence electrons. The van der Waals surface area contributed by atoms with E-state index in [0.717, 1.165) is 35.9 Å². The maximum atomic E-state index is 13.4. The summed E-state index contributed by atoms with van der Waals surface area (Å²) in [5.74, 6) is -0.895. The van der Waals surface area contributed by atoms with Crippen molar-refractivity contribution >= 4 is 10.9 Å². The van der Waals surface area contributed by atoms with Crippen molar-refractivity contribution in [2.45, 2.75) is 19.4 Å². The Kier molecular flexibility index (Phi) is 5.29. The summed E-state index contributed by atoms with van der Waals surface area (Å²) in [5.41, 5.74) is 3.62. The van der Waals surface area contributed by atoms with E-state index in [1.807, 2.05) is 60.7 Å². The van der Waals surface area contributed by atoms with Crippen molar-refractivity contribution in [3.8, 4) is 5.75 Å². The normalized spacial score (nSPS) is 10.9. The van der Waals surface area contributed by atoms with Gasteiger partial charge in [0.2, 0.25) is 0 Å². The summed E-state index contributed by atoms with van der Waals surface area (Å²) >= 11 is 0. The van der Waals surface area contributed by atoms with Crippen molar-refractivity contribution in [1.29, 1.82) is 0 Å². The molecule has 4 aromatic rings. The van der Waals surface area contributed by atoms with Gasteiger partial charge in [0.05, 0.1) is 5.52 Å². The van der Waals surface area contributed by atoms with Crippen molar-refractivity contribution in [1.82, 2.24) is 4.98 Å². The maximum Gasteiger partial charge on any atom is 0.161 e. The molecule has 0 aliphatic carbocycles.